The van der Waals surface area contributed by atoms with E-state index < -0.39 is 22.4 Å². The first-order valence-electron chi connectivity index (χ1n) is 22.7. The number of carboxylic acids is 1. The molecule has 1 atom stereocenters. The fourth-order valence-corrected chi connectivity index (χ4v) is 9.89. The molecular weight excluding hydrogens is 691 g/mol. The van der Waals surface area contributed by atoms with Crippen molar-refractivity contribution < 1.29 is 14.7 Å². The molecule has 0 radical (unpaired) electrons. The second-order valence-corrected chi connectivity index (χ2v) is 17.8. The van der Waals surface area contributed by atoms with Gasteiger partial charge in [-0.05, 0) is 25.0 Å². The van der Waals surface area contributed by atoms with Crippen molar-refractivity contribution in [3.05, 3.63) is 29.3 Å². The average molecular weight is 770 g/mol. The van der Waals surface area contributed by atoms with E-state index in [1.807, 2.05) is 24.3 Å². The Morgan fingerprint density at radius 3 is 1.19 bits per heavy atom. The third-order valence-electron chi connectivity index (χ3n) is 11.7. The number of carbonyl (C=O) groups is 2. The minimum absolute atomic E-state index is 0.426. The van der Waals surface area contributed by atoms with Crippen molar-refractivity contribution >= 4 is 45.3 Å². The Morgan fingerprint density at radius 2 is 0.887 bits per heavy atom. The molecule has 4 nitrogen and oxygen atoms in total. The molecule has 2 rings (SSSR count). The molecule has 0 saturated carbocycles. The summed E-state index contributed by atoms with van der Waals surface area (Å²) < 4.78 is 0.959. The van der Waals surface area contributed by atoms with Crippen molar-refractivity contribution in [1.82, 2.24) is 4.98 Å². The fourth-order valence-electron chi connectivity index (χ4n) is 8.29. The summed E-state index contributed by atoms with van der Waals surface area (Å²) in [6.45, 7) is 4.55. The molecule has 0 aliphatic carbocycles. The molecule has 1 aromatic heterocycles. The first-order valence-corrected chi connectivity index (χ1v) is 24.0. The van der Waals surface area contributed by atoms with Crippen LogP contribution in [0.25, 0.3) is 10.2 Å². The summed E-state index contributed by atoms with van der Waals surface area (Å²) in [6.07, 6.45) is 41.5. The lowest BCUT2D eigenvalue weighted by Crippen LogP contribution is -2.48. The highest BCUT2D eigenvalue weighted by Crippen LogP contribution is 2.47. The molecule has 0 fully saturated rings. The monoisotopic (exact) mass is 770 g/mol. The number of carboxylic acid groups (broad SMARTS) is 1. The molecule has 53 heavy (non-hydrogen) atoms. The smallest absolute Gasteiger partial charge is 0.103 e. The Kier molecular flexibility index (Phi) is 28.4. The molecule has 1 aromatic carbocycles. The minimum atomic E-state index is -1.31. The molecule has 1 heterocycles. The van der Waals surface area contributed by atoms with Gasteiger partial charge in [-0.3, -0.25) is 0 Å². The number of aromatic nitrogens is 1. The highest BCUT2D eigenvalue weighted by atomic mass is 32.1. The van der Waals surface area contributed by atoms with E-state index in [1.165, 1.54) is 178 Å². The zero-order valence-electron chi connectivity index (χ0n) is 34.4. The third kappa shape index (κ3) is 20.8. The molecular formula is C47H79NO3S2-2. The predicted octanol–water partition coefficient (Wildman–Crippen LogP) is 14.5. The lowest BCUT2D eigenvalue weighted by molar-refractivity contribution is -0.321. The molecule has 0 aliphatic rings. The highest BCUT2D eigenvalue weighted by molar-refractivity contribution is 7.77. The largest absolute Gasteiger partial charge is 0.741 e. The van der Waals surface area contributed by atoms with Crippen LogP contribution in [-0.4, -0.2) is 16.1 Å². The van der Waals surface area contributed by atoms with Crippen molar-refractivity contribution in [3.8, 4) is 0 Å². The van der Waals surface area contributed by atoms with Crippen LogP contribution in [0.4, 0.5) is 0 Å². The minimum Gasteiger partial charge on any atom is -0.741 e. The molecule has 0 amide bonds. The Balaban J connectivity index is 1.78. The van der Waals surface area contributed by atoms with Crippen LogP contribution < -0.4 is 5.11 Å². The summed E-state index contributed by atoms with van der Waals surface area (Å²) in [5.74, 6) is -2.06. The summed E-state index contributed by atoms with van der Waals surface area (Å²) in [4.78, 5) is 31.2. The van der Waals surface area contributed by atoms with Gasteiger partial charge < -0.3 is 27.3 Å². The van der Waals surface area contributed by atoms with Gasteiger partial charge in [-0.2, -0.15) is 0 Å². The van der Waals surface area contributed by atoms with Crippen LogP contribution in [0.2, 0.25) is 0 Å². The number of hydrogen-bond donors (Lipinski definition) is 0. The van der Waals surface area contributed by atoms with Crippen LogP contribution in [0.15, 0.2) is 24.3 Å². The van der Waals surface area contributed by atoms with Gasteiger partial charge in [-0.25, -0.2) is 4.98 Å². The molecule has 304 valence electrons. The first-order chi connectivity index (χ1) is 26.0. The van der Waals surface area contributed by atoms with Crippen molar-refractivity contribution in [1.29, 1.82) is 0 Å². The number of nitrogens with zero attached hydrogens (tertiary/aromatic N) is 1. The van der Waals surface area contributed by atoms with Gasteiger partial charge in [0, 0.05) is 16.5 Å². The van der Waals surface area contributed by atoms with E-state index in [0.717, 1.165) is 48.7 Å². The summed E-state index contributed by atoms with van der Waals surface area (Å²) in [7, 11) is 0. The number of carbonyl (C=O) groups excluding carboxylic acids is 2. The van der Waals surface area contributed by atoms with Crippen LogP contribution >= 0.6 is 11.3 Å². The SMILES string of the molecule is CCCCCCCCCCCCCCCCCCC(CCCCCCCCCCCCCCCCCC)(C(=O)[O-])C(C(=O)[S-])c1nc2ccccc2s1. The van der Waals surface area contributed by atoms with Crippen molar-refractivity contribution in [2.75, 3.05) is 0 Å². The van der Waals surface area contributed by atoms with Gasteiger partial charge in [0.1, 0.15) is 5.01 Å². The topological polar surface area (TPSA) is 70.1 Å². The zero-order valence-corrected chi connectivity index (χ0v) is 36.0. The highest BCUT2D eigenvalue weighted by Gasteiger charge is 2.42. The maximum Gasteiger partial charge on any atom is 0.103 e. The van der Waals surface area contributed by atoms with Gasteiger partial charge >= 0.3 is 0 Å². The zero-order chi connectivity index (χ0) is 38.2. The Morgan fingerprint density at radius 1 is 0.566 bits per heavy atom. The second kappa shape index (κ2) is 31.7. The molecule has 0 N–H and O–H groups in total. The Labute approximate surface area is 336 Å². The van der Waals surface area contributed by atoms with Crippen LogP contribution in [0.5, 0.6) is 0 Å². The van der Waals surface area contributed by atoms with Gasteiger partial charge in [0.25, 0.3) is 0 Å². The quantitative estimate of drug-likeness (QED) is 0.0502. The standard InChI is InChI=1S/C47H81NO3S2/c1-3-5-7-9-11-13-15-17-19-21-23-25-27-29-31-35-39-47(46(50)51,43(45(49)52)44-48-41-37-33-34-38-42(41)53-44)40-36-32-30-28-26-24-22-20-18-16-14-12-10-8-6-4-2/h33-34,37-38,43H,3-32,35-36,39-40H2,1-2H3,(H,49,52)(H,50,51)/p-2. The fraction of sp³-hybridized carbons (Fsp3) is 0.809. The van der Waals surface area contributed by atoms with Gasteiger partial charge in [0.15, 0.2) is 0 Å². The molecule has 2 aromatic rings. The number of benzene rings is 1. The molecule has 0 saturated heterocycles. The number of fused-ring (bicyclic) bond motifs is 1. The number of rotatable bonds is 38. The lowest BCUT2D eigenvalue weighted by Gasteiger charge is -2.42. The Hall–Kier alpha value is -1.53. The lowest BCUT2D eigenvalue weighted by atomic mass is 9.68. The number of unbranched alkanes of at least 4 members (excludes halogenated alkanes) is 30. The van der Waals surface area contributed by atoms with E-state index in [9.17, 15) is 14.7 Å². The molecule has 0 aliphatic heterocycles. The van der Waals surface area contributed by atoms with E-state index in [0.29, 0.717) is 17.8 Å². The summed E-state index contributed by atoms with van der Waals surface area (Å²) >= 11 is 6.74. The van der Waals surface area contributed by atoms with Crippen LogP contribution in [0, 0.1) is 5.41 Å². The molecule has 0 bridgehead atoms. The number of thiazole rings is 1. The van der Waals surface area contributed by atoms with Crippen molar-refractivity contribution in [3.63, 3.8) is 0 Å². The summed E-state index contributed by atoms with van der Waals surface area (Å²) in [5, 5.41) is 13.2. The van der Waals surface area contributed by atoms with Crippen LogP contribution in [-0.2, 0) is 22.2 Å². The molecule has 0 spiro atoms. The molecule has 6 heteroatoms. The molecule has 1 unspecified atom stereocenters. The normalized spacial score (nSPS) is 12.5. The van der Waals surface area contributed by atoms with Crippen molar-refractivity contribution in [2.24, 2.45) is 5.41 Å². The van der Waals surface area contributed by atoms with Crippen LogP contribution in [0.3, 0.4) is 0 Å². The maximum atomic E-state index is 13.2. The van der Waals surface area contributed by atoms with Gasteiger partial charge in [-0.1, -0.05) is 231 Å². The number of hydrogen-bond acceptors (Lipinski definition) is 6. The van der Waals surface area contributed by atoms with Gasteiger partial charge in [-0.15, -0.1) is 11.3 Å². The second-order valence-electron chi connectivity index (χ2n) is 16.3. The van der Waals surface area contributed by atoms with Gasteiger partial charge in [0.2, 0.25) is 0 Å². The van der Waals surface area contributed by atoms with E-state index in [-0.39, 0.29) is 0 Å². The van der Waals surface area contributed by atoms with E-state index in [4.69, 9.17) is 17.6 Å². The Bertz CT molecular complexity index is 1110. The average Bonchev–Trinajstić information content (AvgIpc) is 3.57. The summed E-state index contributed by atoms with van der Waals surface area (Å²) in [6, 6.07) is 7.78. The van der Waals surface area contributed by atoms with Gasteiger partial charge in [0.05, 0.1) is 16.1 Å². The number of aliphatic carboxylic acids is 1. The van der Waals surface area contributed by atoms with E-state index in [1.54, 1.807) is 0 Å². The van der Waals surface area contributed by atoms with Crippen LogP contribution in [0.1, 0.15) is 243 Å². The van der Waals surface area contributed by atoms with E-state index in [2.05, 4.69) is 13.8 Å². The number of para-hydroxylation sites is 1. The third-order valence-corrected chi connectivity index (χ3v) is 13.0. The summed E-state index contributed by atoms with van der Waals surface area (Å²) in [5.41, 5.74) is -0.510. The predicted molar refractivity (Wildman–Crippen MR) is 230 cm³/mol. The maximum absolute atomic E-state index is 13.2. The van der Waals surface area contributed by atoms with E-state index >= 15 is 0 Å². The van der Waals surface area contributed by atoms with Crippen molar-refractivity contribution in [2.45, 2.75) is 238 Å². The first kappa shape index (κ1) is 47.6.